The van der Waals surface area contributed by atoms with E-state index in [-0.39, 0.29) is 5.97 Å². The van der Waals surface area contributed by atoms with Crippen LogP contribution >= 0.6 is 11.6 Å². The van der Waals surface area contributed by atoms with Crippen molar-refractivity contribution in [1.82, 2.24) is 9.97 Å². The van der Waals surface area contributed by atoms with Gasteiger partial charge in [0.2, 0.25) is 11.6 Å². The quantitative estimate of drug-likeness (QED) is 0.218. The Morgan fingerprint density at radius 1 is 1.11 bits per heavy atom. The predicted molar refractivity (Wildman–Crippen MR) is 110 cm³/mol. The van der Waals surface area contributed by atoms with Gasteiger partial charge in [-0.05, 0) is 30.7 Å². The zero-order valence-electron chi connectivity index (χ0n) is 16.1. The highest BCUT2D eigenvalue weighted by Crippen LogP contribution is 2.33. The number of benzene rings is 1. The van der Waals surface area contributed by atoms with Crippen molar-refractivity contribution >= 4 is 28.8 Å². The molecule has 28 heavy (non-hydrogen) atoms. The Morgan fingerprint density at radius 2 is 1.89 bits per heavy atom. The van der Waals surface area contributed by atoms with Crippen molar-refractivity contribution in [3.8, 4) is 17.2 Å². The molecule has 2 aromatic heterocycles. The second kappa shape index (κ2) is 10.2. The molecule has 0 amide bonds. The number of unbranched alkanes of at least 4 members (excludes halogenated alkanes) is 6. The largest absolute Gasteiger partial charge is 0.426 e. The van der Waals surface area contributed by atoms with Crippen molar-refractivity contribution in [2.45, 2.75) is 58.3 Å². The van der Waals surface area contributed by atoms with Crippen LogP contribution in [0.5, 0.6) is 5.75 Å². The average Bonchev–Trinajstić information content (AvgIpc) is 3.11. The van der Waals surface area contributed by atoms with E-state index < -0.39 is 0 Å². The van der Waals surface area contributed by atoms with Gasteiger partial charge in [0.25, 0.3) is 0 Å². The first-order valence-corrected chi connectivity index (χ1v) is 10.3. The number of carbonyl (C=O) groups excluding carboxylic acids is 1. The molecule has 0 unspecified atom stereocenters. The van der Waals surface area contributed by atoms with Crippen LogP contribution in [-0.4, -0.2) is 15.9 Å². The third-order valence-electron chi connectivity index (χ3n) is 4.55. The maximum Gasteiger partial charge on any atom is 0.311 e. The fourth-order valence-corrected chi connectivity index (χ4v) is 3.20. The van der Waals surface area contributed by atoms with Gasteiger partial charge in [-0.15, -0.1) is 0 Å². The Balaban J connectivity index is 1.62. The lowest BCUT2D eigenvalue weighted by molar-refractivity contribution is -0.134. The number of fused-ring (bicyclic) bond motifs is 1. The second-order valence-corrected chi connectivity index (χ2v) is 7.27. The van der Waals surface area contributed by atoms with Gasteiger partial charge in [-0.2, -0.15) is 0 Å². The molecule has 0 N–H and O–H groups in total. The molecule has 0 fully saturated rings. The van der Waals surface area contributed by atoms with Gasteiger partial charge in [0.1, 0.15) is 11.3 Å². The van der Waals surface area contributed by atoms with Crippen LogP contribution in [0.2, 0.25) is 5.02 Å². The minimum Gasteiger partial charge on any atom is -0.426 e. The third-order valence-corrected chi connectivity index (χ3v) is 4.78. The first-order chi connectivity index (χ1) is 13.7. The molecule has 0 aliphatic rings. The van der Waals surface area contributed by atoms with E-state index in [9.17, 15) is 4.79 Å². The van der Waals surface area contributed by atoms with Crippen LogP contribution < -0.4 is 4.74 Å². The predicted octanol–water partition coefficient (Wildman–Crippen LogP) is 6.59. The lowest BCUT2D eigenvalue weighted by Crippen LogP contribution is -2.08. The van der Waals surface area contributed by atoms with Crippen LogP contribution in [0.3, 0.4) is 0 Å². The summed E-state index contributed by atoms with van der Waals surface area (Å²) in [5.74, 6) is 0.433. The highest BCUT2D eigenvalue weighted by Gasteiger charge is 2.17. The maximum atomic E-state index is 12.3. The van der Waals surface area contributed by atoms with Crippen molar-refractivity contribution < 1.29 is 13.9 Å². The van der Waals surface area contributed by atoms with Gasteiger partial charge in [0.15, 0.2) is 0 Å². The van der Waals surface area contributed by atoms with Crippen LogP contribution in [0, 0.1) is 0 Å². The Morgan fingerprint density at radius 3 is 2.68 bits per heavy atom. The van der Waals surface area contributed by atoms with E-state index in [0.717, 1.165) is 19.3 Å². The summed E-state index contributed by atoms with van der Waals surface area (Å²) in [5.41, 5.74) is 1.66. The number of hydrogen-bond donors (Lipinski definition) is 0. The molecule has 0 atom stereocenters. The molecule has 0 bridgehead atoms. The summed E-state index contributed by atoms with van der Waals surface area (Å²) < 4.78 is 11.3. The Kier molecular flexibility index (Phi) is 7.43. The van der Waals surface area contributed by atoms with Crippen molar-refractivity contribution in [3.63, 3.8) is 0 Å². The number of rotatable bonds is 10. The number of oxazole rings is 1. The highest BCUT2D eigenvalue weighted by atomic mass is 35.5. The molecule has 3 rings (SSSR count). The molecule has 0 saturated carbocycles. The lowest BCUT2D eigenvalue weighted by Gasteiger charge is -2.08. The summed E-state index contributed by atoms with van der Waals surface area (Å²) in [7, 11) is 0. The van der Waals surface area contributed by atoms with E-state index in [0.29, 0.717) is 39.9 Å². The van der Waals surface area contributed by atoms with Gasteiger partial charge in [-0.25, -0.2) is 9.97 Å². The summed E-state index contributed by atoms with van der Waals surface area (Å²) in [6.07, 6.45) is 10.1. The highest BCUT2D eigenvalue weighted by molar-refractivity contribution is 6.30. The van der Waals surface area contributed by atoms with Gasteiger partial charge in [-0.3, -0.25) is 4.79 Å². The van der Waals surface area contributed by atoms with Gasteiger partial charge >= 0.3 is 5.97 Å². The van der Waals surface area contributed by atoms with E-state index in [4.69, 9.17) is 20.8 Å². The third kappa shape index (κ3) is 5.55. The molecule has 2 heterocycles. The molecule has 5 nitrogen and oxygen atoms in total. The summed E-state index contributed by atoms with van der Waals surface area (Å²) in [6.45, 7) is 2.21. The summed E-state index contributed by atoms with van der Waals surface area (Å²) in [6, 6.07) is 8.68. The number of hydrogen-bond acceptors (Lipinski definition) is 5. The SMILES string of the molecule is CCCCCCCCCC(=O)Oc1cc(Cl)ccc1-c1nc2cccnc2o1. The van der Waals surface area contributed by atoms with Crippen LogP contribution in [0.15, 0.2) is 40.9 Å². The van der Waals surface area contributed by atoms with Gasteiger partial charge in [0.05, 0.1) is 5.56 Å². The molecule has 0 spiro atoms. The zero-order valence-corrected chi connectivity index (χ0v) is 16.9. The number of esters is 1. The summed E-state index contributed by atoms with van der Waals surface area (Å²) in [5, 5.41) is 0.483. The number of pyridine rings is 1. The van der Waals surface area contributed by atoms with Crippen molar-refractivity contribution in [2.24, 2.45) is 0 Å². The maximum absolute atomic E-state index is 12.3. The molecule has 0 saturated heterocycles. The van der Waals surface area contributed by atoms with Crippen LogP contribution in [0.1, 0.15) is 58.3 Å². The minimum absolute atomic E-state index is 0.272. The molecule has 0 aliphatic carbocycles. The molecule has 0 aliphatic heterocycles. The molecule has 0 radical (unpaired) electrons. The normalized spacial score (nSPS) is 11.1. The topological polar surface area (TPSA) is 65.2 Å². The number of nitrogens with zero attached hydrogens (tertiary/aromatic N) is 2. The van der Waals surface area contributed by atoms with Crippen molar-refractivity contribution in [1.29, 1.82) is 0 Å². The fourth-order valence-electron chi connectivity index (χ4n) is 3.04. The van der Waals surface area contributed by atoms with E-state index in [1.807, 2.05) is 6.07 Å². The van der Waals surface area contributed by atoms with E-state index in [2.05, 4.69) is 16.9 Å². The molecule has 6 heteroatoms. The molecular formula is C22H25ClN2O3. The van der Waals surface area contributed by atoms with Gasteiger partial charge in [0, 0.05) is 23.7 Å². The monoisotopic (exact) mass is 400 g/mol. The molecular weight excluding hydrogens is 376 g/mol. The Labute approximate surface area is 170 Å². The molecule has 1 aromatic carbocycles. The van der Waals surface area contributed by atoms with Crippen LogP contribution in [0.25, 0.3) is 22.7 Å². The number of aromatic nitrogens is 2. The molecule has 148 valence electrons. The summed E-state index contributed by atoms with van der Waals surface area (Å²) in [4.78, 5) is 20.9. The van der Waals surface area contributed by atoms with Crippen LogP contribution in [0.4, 0.5) is 0 Å². The van der Waals surface area contributed by atoms with E-state index in [1.165, 1.54) is 25.7 Å². The summed E-state index contributed by atoms with van der Waals surface area (Å²) >= 11 is 6.10. The fraction of sp³-hybridized carbons (Fsp3) is 0.409. The molecule has 3 aromatic rings. The zero-order chi connectivity index (χ0) is 19.8. The van der Waals surface area contributed by atoms with Gasteiger partial charge in [-0.1, -0.05) is 57.0 Å². The smallest absolute Gasteiger partial charge is 0.311 e. The number of ether oxygens (including phenoxy) is 1. The average molecular weight is 401 g/mol. The lowest BCUT2D eigenvalue weighted by atomic mass is 10.1. The Bertz CT molecular complexity index is 890. The van der Waals surface area contributed by atoms with Crippen LogP contribution in [-0.2, 0) is 4.79 Å². The van der Waals surface area contributed by atoms with Crippen molar-refractivity contribution in [3.05, 3.63) is 41.6 Å². The van der Waals surface area contributed by atoms with E-state index in [1.54, 1.807) is 30.5 Å². The van der Waals surface area contributed by atoms with Crippen molar-refractivity contribution in [2.75, 3.05) is 0 Å². The minimum atomic E-state index is -0.272. The standard InChI is InChI=1S/C22H25ClN2O3/c1-2-3-4-5-6-7-8-11-20(26)27-19-15-16(23)12-13-17(19)21-25-18-10-9-14-24-22(18)28-21/h9-10,12-15H,2-8,11H2,1H3. The van der Waals surface area contributed by atoms with E-state index >= 15 is 0 Å². The number of carbonyl (C=O) groups is 1. The van der Waals surface area contributed by atoms with Gasteiger partial charge < -0.3 is 9.15 Å². The first-order valence-electron chi connectivity index (χ1n) is 9.89. The number of halogens is 1. The first kappa shape index (κ1) is 20.3. The Hall–Kier alpha value is -2.40. The second-order valence-electron chi connectivity index (χ2n) is 6.83.